The molecule has 124 valence electrons. The van der Waals surface area contributed by atoms with Gasteiger partial charge in [0.05, 0.1) is 6.42 Å². The number of carbonyl (C=O) groups is 3. The molecule has 1 aromatic carbocycles. The summed E-state index contributed by atoms with van der Waals surface area (Å²) < 4.78 is 0. The van der Waals surface area contributed by atoms with Crippen LogP contribution < -0.4 is 10.6 Å². The Bertz CT molecular complexity index is 599. The fraction of sp³-hybridized carbons (Fsp3) is 0.438. The molecule has 0 saturated heterocycles. The lowest BCUT2D eigenvalue weighted by Crippen LogP contribution is -2.33. The summed E-state index contributed by atoms with van der Waals surface area (Å²) in [5.74, 6) is -1.19. The summed E-state index contributed by atoms with van der Waals surface area (Å²) in [7, 11) is 0. The van der Waals surface area contributed by atoms with Crippen LogP contribution in [0.15, 0.2) is 24.3 Å². The van der Waals surface area contributed by atoms with Gasteiger partial charge in [-0.05, 0) is 38.0 Å². The number of nitrogens with one attached hydrogen (secondary N) is 2. The Kier molecular flexibility index (Phi) is 5.56. The first-order valence-corrected chi connectivity index (χ1v) is 7.68. The molecule has 0 radical (unpaired) electrons. The van der Waals surface area contributed by atoms with E-state index in [1.54, 1.807) is 31.2 Å². The number of benzene rings is 1. The molecule has 7 nitrogen and oxygen atoms in total. The molecule has 0 aromatic heterocycles. The van der Waals surface area contributed by atoms with E-state index in [-0.39, 0.29) is 30.9 Å². The van der Waals surface area contributed by atoms with Crippen molar-refractivity contribution in [3.8, 4) is 0 Å². The first kappa shape index (κ1) is 16.8. The number of hydrogen-bond donors (Lipinski definition) is 3. The van der Waals surface area contributed by atoms with Gasteiger partial charge in [0.15, 0.2) is 0 Å². The summed E-state index contributed by atoms with van der Waals surface area (Å²) >= 11 is 0. The van der Waals surface area contributed by atoms with Crippen molar-refractivity contribution < 1.29 is 19.5 Å². The van der Waals surface area contributed by atoms with Crippen molar-refractivity contribution in [3.63, 3.8) is 0 Å². The number of anilines is 1. The number of carboxylic acids is 1. The average Bonchev–Trinajstić information content (AvgIpc) is 3.31. The number of carbonyl (C=O) groups excluding carboxylic acids is 2. The van der Waals surface area contributed by atoms with Crippen molar-refractivity contribution in [2.75, 3.05) is 18.4 Å². The maximum Gasteiger partial charge on any atom is 0.319 e. The summed E-state index contributed by atoms with van der Waals surface area (Å²) in [6.07, 6.45) is 1.91. The van der Waals surface area contributed by atoms with Gasteiger partial charge in [-0.25, -0.2) is 4.79 Å². The van der Waals surface area contributed by atoms with Crippen LogP contribution >= 0.6 is 0 Å². The van der Waals surface area contributed by atoms with Gasteiger partial charge in [0, 0.05) is 30.4 Å². The van der Waals surface area contributed by atoms with Crippen LogP contribution in [0.4, 0.5) is 10.5 Å². The normalized spacial score (nSPS) is 13.3. The van der Waals surface area contributed by atoms with Gasteiger partial charge in [-0.2, -0.15) is 0 Å². The minimum absolute atomic E-state index is 0.0959. The average molecular weight is 319 g/mol. The first-order chi connectivity index (χ1) is 11.0. The van der Waals surface area contributed by atoms with Crippen LogP contribution in [0, 0.1) is 0 Å². The number of hydrogen-bond acceptors (Lipinski definition) is 3. The highest BCUT2D eigenvalue weighted by atomic mass is 16.4. The molecule has 0 bridgehead atoms. The number of urea groups is 1. The number of amides is 3. The zero-order valence-corrected chi connectivity index (χ0v) is 13.0. The lowest BCUT2D eigenvalue weighted by atomic mass is 10.1. The minimum atomic E-state index is -0.941. The van der Waals surface area contributed by atoms with E-state index in [0.717, 1.165) is 12.8 Å². The van der Waals surface area contributed by atoms with Crippen molar-refractivity contribution >= 4 is 23.6 Å². The highest BCUT2D eigenvalue weighted by molar-refractivity contribution is 5.97. The molecular formula is C16H21N3O4. The molecule has 7 heteroatoms. The molecule has 1 saturated carbocycles. The summed E-state index contributed by atoms with van der Waals surface area (Å²) in [6, 6.07) is 6.61. The molecule has 1 aliphatic rings. The first-order valence-electron chi connectivity index (χ1n) is 7.68. The lowest BCUT2D eigenvalue weighted by molar-refractivity contribution is -0.137. The zero-order valence-electron chi connectivity index (χ0n) is 13.0. The molecule has 3 amide bonds. The van der Waals surface area contributed by atoms with Crippen molar-refractivity contribution in [1.82, 2.24) is 10.2 Å². The van der Waals surface area contributed by atoms with Crippen LogP contribution in [0.1, 0.15) is 36.5 Å². The van der Waals surface area contributed by atoms with E-state index in [4.69, 9.17) is 5.11 Å². The van der Waals surface area contributed by atoms with Crippen molar-refractivity contribution in [1.29, 1.82) is 0 Å². The summed E-state index contributed by atoms with van der Waals surface area (Å²) in [4.78, 5) is 36.3. The van der Waals surface area contributed by atoms with Crippen molar-refractivity contribution in [2.45, 2.75) is 32.2 Å². The third-order valence-electron chi connectivity index (χ3n) is 3.54. The Balaban J connectivity index is 2.00. The Hall–Kier alpha value is -2.57. The predicted octanol–water partition coefficient (Wildman–Crippen LogP) is 1.91. The van der Waals surface area contributed by atoms with Crippen molar-refractivity contribution in [3.05, 3.63) is 29.8 Å². The number of rotatable bonds is 7. The second-order valence-electron chi connectivity index (χ2n) is 5.48. The fourth-order valence-corrected chi connectivity index (χ4v) is 2.13. The minimum Gasteiger partial charge on any atom is -0.481 e. The van der Waals surface area contributed by atoms with Gasteiger partial charge < -0.3 is 20.6 Å². The molecule has 0 atom stereocenters. The quantitative estimate of drug-likeness (QED) is 0.715. The van der Waals surface area contributed by atoms with Crippen molar-refractivity contribution in [2.24, 2.45) is 0 Å². The predicted molar refractivity (Wildman–Crippen MR) is 85.4 cm³/mol. The molecule has 23 heavy (non-hydrogen) atoms. The molecule has 1 fully saturated rings. The fourth-order valence-electron chi connectivity index (χ4n) is 2.13. The highest BCUT2D eigenvalue weighted by Gasteiger charge is 2.23. The maximum absolute atomic E-state index is 12.4. The van der Waals surface area contributed by atoms with Crippen LogP contribution in [0.2, 0.25) is 0 Å². The molecule has 0 unspecified atom stereocenters. The molecule has 0 heterocycles. The van der Waals surface area contributed by atoms with Crippen LogP contribution in [0.5, 0.6) is 0 Å². The van der Waals surface area contributed by atoms with Crippen LogP contribution in [0.3, 0.4) is 0 Å². The number of aliphatic carboxylic acids is 1. The third kappa shape index (κ3) is 5.28. The van der Waals surface area contributed by atoms with Gasteiger partial charge in [0.25, 0.3) is 5.91 Å². The molecule has 0 spiro atoms. The van der Waals surface area contributed by atoms with Gasteiger partial charge in [-0.15, -0.1) is 0 Å². The maximum atomic E-state index is 12.4. The van der Waals surface area contributed by atoms with E-state index in [1.807, 2.05) is 0 Å². The van der Waals surface area contributed by atoms with E-state index < -0.39 is 5.97 Å². The van der Waals surface area contributed by atoms with Gasteiger partial charge >= 0.3 is 12.0 Å². The van der Waals surface area contributed by atoms with E-state index in [1.165, 1.54) is 4.90 Å². The number of nitrogens with zero attached hydrogens (tertiary/aromatic N) is 1. The molecule has 3 N–H and O–H groups in total. The van der Waals surface area contributed by atoms with Crippen LogP contribution in [-0.2, 0) is 4.79 Å². The molecule has 1 aliphatic carbocycles. The monoisotopic (exact) mass is 319 g/mol. The molecular weight excluding hydrogens is 298 g/mol. The van der Waals surface area contributed by atoms with E-state index in [0.29, 0.717) is 17.8 Å². The van der Waals surface area contributed by atoms with E-state index in [9.17, 15) is 14.4 Å². The molecule has 2 rings (SSSR count). The Morgan fingerprint density at radius 3 is 2.65 bits per heavy atom. The topological polar surface area (TPSA) is 98.7 Å². The Morgan fingerprint density at radius 2 is 2.04 bits per heavy atom. The van der Waals surface area contributed by atoms with Gasteiger partial charge in [-0.3, -0.25) is 9.59 Å². The van der Waals surface area contributed by atoms with Gasteiger partial charge in [-0.1, -0.05) is 6.07 Å². The Morgan fingerprint density at radius 1 is 1.30 bits per heavy atom. The lowest BCUT2D eigenvalue weighted by Gasteiger charge is -2.20. The highest BCUT2D eigenvalue weighted by Crippen LogP contribution is 2.19. The van der Waals surface area contributed by atoms with Gasteiger partial charge in [0.1, 0.15) is 0 Å². The van der Waals surface area contributed by atoms with Crippen LogP contribution in [0.25, 0.3) is 0 Å². The van der Waals surface area contributed by atoms with E-state index >= 15 is 0 Å². The third-order valence-corrected chi connectivity index (χ3v) is 3.54. The SMILES string of the molecule is CCN(CCC(=O)O)C(=O)c1cccc(NC(=O)NC2CC2)c1. The largest absolute Gasteiger partial charge is 0.481 e. The van der Waals surface area contributed by atoms with Crippen LogP contribution in [-0.4, -0.2) is 47.0 Å². The second kappa shape index (κ2) is 7.62. The second-order valence-corrected chi connectivity index (χ2v) is 5.48. The smallest absolute Gasteiger partial charge is 0.319 e. The van der Waals surface area contributed by atoms with Gasteiger partial charge in [0.2, 0.25) is 0 Å². The number of carboxylic acid groups (broad SMARTS) is 1. The summed E-state index contributed by atoms with van der Waals surface area (Å²) in [5.41, 5.74) is 0.949. The molecule has 1 aromatic rings. The molecule has 0 aliphatic heterocycles. The Labute approximate surface area is 134 Å². The summed E-state index contributed by atoms with van der Waals surface area (Å²) in [6.45, 7) is 2.38. The zero-order chi connectivity index (χ0) is 16.8. The summed E-state index contributed by atoms with van der Waals surface area (Å²) in [5, 5.41) is 14.2. The van der Waals surface area contributed by atoms with E-state index in [2.05, 4.69) is 10.6 Å². The standard InChI is InChI=1S/C16H21N3O4/c1-2-19(9-8-14(20)21)15(22)11-4-3-5-13(10-11)18-16(23)17-12-6-7-12/h3-5,10,12H,2,6-9H2,1H3,(H,20,21)(H2,17,18,23).